The van der Waals surface area contributed by atoms with Gasteiger partial charge in [-0.2, -0.15) is 0 Å². The first-order valence-electron chi connectivity index (χ1n) is 7.00. The van der Waals surface area contributed by atoms with Gasteiger partial charge in [-0.15, -0.1) is 0 Å². The molecule has 7 heteroatoms. The van der Waals surface area contributed by atoms with E-state index >= 15 is 0 Å². The molecule has 5 nitrogen and oxygen atoms in total. The maximum absolute atomic E-state index is 6.15. The van der Waals surface area contributed by atoms with Crippen LogP contribution < -0.4 is 10.6 Å². The van der Waals surface area contributed by atoms with Gasteiger partial charge in [0, 0.05) is 17.3 Å². The number of hydrogen-bond donors (Lipinski definition) is 3. The highest BCUT2D eigenvalue weighted by Crippen LogP contribution is 2.35. The van der Waals surface area contributed by atoms with Crippen LogP contribution in [0.4, 0.5) is 11.5 Å². The molecule has 0 spiro atoms. The van der Waals surface area contributed by atoms with Crippen molar-refractivity contribution in [3.05, 3.63) is 45.8 Å². The molecule has 0 saturated heterocycles. The number of benzene rings is 1. The molecule has 0 amide bonds. The molecule has 112 valence electrons. The number of aromatic nitrogens is 3. The zero-order chi connectivity index (χ0) is 15.1. The van der Waals surface area contributed by atoms with E-state index in [2.05, 4.69) is 41.5 Å². The topological polar surface area (TPSA) is 65.6 Å². The third-order valence-electron chi connectivity index (χ3n) is 3.84. The second kappa shape index (κ2) is 5.44. The van der Waals surface area contributed by atoms with Crippen LogP contribution in [-0.4, -0.2) is 21.5 Å². The van der Waals surface area contributed by atoms with E-state index in [9.17, 15) is 0 Å². The van der Waals surface area contributed by atoms with Gasteiger partial charge in [0.15, 0.2) is 0 Å². The number of nitrogens with one attached hydrogen (secondary N) is 3. The SMILES string of the molecule is Clc1ccc2c(c1)C(Nc1ncnc3[nH]c(Br)cc13)CCN2. The number of nitrogens with zero attached hydrogens (tertiary/aromatic N) is 2. The van der Waals surface area contributed by atoms with Crippen molar-refractivity contribution in [2.45, 2.75) is 12.5 Å². The second-order valence-electron chi connectivity index (χ2n) is 5.25. The Morgan fingerprint density at radius 3 is 3.09 bits per heavy atom. The van der Waals surface area contributed by atoms with Crippen LogP contribution in [0.15, 0.2) is 35.2 Å². The number of H-pyrrole nitrogens is 1. The van der Waals surface area contributed by atoms with Gasteiger partial charge in [-0.05, 0) is 52.2 Å². The summed E-state index contributed by atoms with van der Waals surface area (Å²) < 4.78 is 0.889. The molecule has 0 bridgehead atoms. The summed E-state index contributed by atoms with van der Waals surface area (Å²) in [5.74, 6) is 0.824. The van der Waals surface area contributed by atoms with Gasteiger partial charge in [0.05, 0.1) is 16.0 Å². The van der Waals surface area contributed by atoms with Gasteiger partial charge in [0.2, 0.25) is 0 Å². The average molecular weight is 379 g/mol. The van der Waals surface area contributed by atoms with Crippen LogP contribution in [0.25, 0.3) is 11.0 Å². The smallest absolute Gasteiger partial charge is 0.143 e. The zero-order valence-corrected chi connectivity index (χ0v) is 13.9. The van der Waals surface area contributed by atoms with Crippen LogP contribution >= 0.6 is 27.5 Å². The molecular formula is C15H13BrClN5. The fourth-order valence-electron chi connectivity index (χ4n) is 2.83. The minimum absolute atomic E-state index is 0.168. The predicted octanol–water partition coefficient (Wildman–Crippen LogP) is 4.34. The van der Waals surface area contributed by atoms with Crippen LogP contribution in [0, 0.1) is 0 Å². The largest absolute Gasteiger partial charge is 0.385 e. The molecule has 3 heterocycles. The fraction of sp³-hybridized carbons (Fsp3) is 0.200. The van der Waals surface area contributed by atoms with Crippen molar-refractivity contribution in [3.8, 4) is 0 Å². The molecule has 22 heavy (non-hydrogen) atoms. The van der Waals surface area contributed by atoms with Crippen molar-refractivity contribution in [1.82, 2.24) is 15.0 Å². The maximum Gasteiger partial charge on any atom is 0.143 e. The molecule has 1 unspecified atom stereocenters. The van der Waals surface area contributed by atoms with E-state index in [1.807, 2.05) is 24.3 Å². The normalized spacial score (nSPS) is 17.1. The number of fused-ring (bicyclic) bond motifs is 2. The van der Waals surface area contributed by atoms with E-state index in [0.717, 1.165) is 45.1 Å². The summed E-state index contributed by atoms with van der Waals surface area (Å²) in [7, 11) is 0. The molecule has 0 fully saturated rings. The van der Waals surface area contributed by atoms with Crippen LogP contribution in [0.3, 0.4) is 0 Å². The number of anilines is 2. The summed E-state index contributed by atoms with van der Waals surface area (Å²) in [5, 5.41) is 8.64. The van der Waals surface area contributed by atoms with E-state index in [1.54, 1.807) is 6.33 Å². The molecule has 1 atom stereocenters. The molecule has 1 aliphatic heterocycles. The van der Waals surface area contributed by atoms with E-state index in [4.69, 9.17) is 11.6 Å². The van der Waals surface area contributed by atoms with Gasteiger partial charge < -0.3 is 15.6 Å². The lowest BCUT2D eigenvalue weighted by atomic mass is 9.98. The van der Waals surface area contributed by atoms with Crippen molar-refractivity contribution in [2.75, 3.05) is 17.2 Å². The van der Waals surface area contributed by atoms with E-state index in [1.165, 1.54) is 5.56 Å². The Labute approximate surface area is 140 Å². The lowest BCUT2D eigenvalue weighted by Crippen LogP contribution is -2.22. The number of halogens is 2. The monoisotopic (exact) mass is 377 g/mol. The van der Waals surface area contributed by atoms with Crippen LogP contribution in [-0.2, 0) is 0 Å². The summed E-state index contributed by atoms with van der Waals surface area (Å²) in [6.45, 7) is 0.914. The summed E-state index contributed by atoms with van der Waals surface area (Å²) >= 11 is 9.59. The molecule has 1 aromatic carbocycles. The lowest BCUT2D eigenvalue weighted by molar-refractivity contribution is 0.695. The fourth-order valence-corrected chi connectivity index (χ4v) is 3.42. The van der Waals surface area contributed by atoms with Gasteiger partial charge in [-0.25, -0.2) is 9.97 Å². The Balaban J connectivity index is 1.73. The lowest BCUT2D eigenvalue weighted by Gasteiger charge is -2.28. The van der Waals surface area contributed by atoms with Crippen LogP contribution in [0.5, 0.6) is 0 Å². The van der Waals surface area contributed by atoms with Crippen LogP contribution in [0.2, 0.25) is 5.02 Å². The summed E-state index contributed by atoms with van der Waals surface area (Å²) in [6, 6.07) is 8.08. The van der Waals surface area contributed by atoms with E-state index in [0.29, 0.717) is 0 Å². The first-order chi connectivity index (χ1) is 10.7. The van der Waals surface area contributed by atoms with Crippen molar-refractivity contribution in [3.63, 3.8) is 0 Å². The van der Waals surface area contributed by atoms with Crippen molar-refractivity contribution < 1.29 is 0 Å². The molecule has 3 N–H and O–H groups in total. The number of rotatable bonds is 2. The third-order valence-corrected chi connectivity index (χ3v) is 4.50. The Kier molecular flexibility index (Phi) is 3.43. The first kappa shape index (κ1) is 13.8. The Morgan fingerprint density at radius 1 is 1.27 bits per heavy atom. The molecule has 1 aliphatic rings. The summed E-state index contributed by atoms with van der Waals surface area (Å²) in [5.41, 5.74) is 3.10. The van der Waals surface area contributed by atoms with Crippen molar-refractivity contribution in [2.24, 2.45) is 0 Å². The van der Waals surface area contributed by atoms with Gasteiger partial charge in [-0.3, -0.25) is 0 Å². The summed E-state index contributed by atoms with van der Waals surface area (Å²) in [6.07, 6.45) is 2.53. The first-order valence-corrected chi connectivity index (χ1v) is 8.17. The maximum atomic E-state index is 6.15. The van der Waals surface area contributed by atoms with Gasteiger partial charge >= 0.3 is 0 Å². The minimum Gasteiger partial charge on any atom is -0.385 e. The van der Waals surface area contributed by atoms with Crippen LogP contribution in [0.1, 0.15) is 18.0 Å². The Bertz CT molecular complexity index is 847. The highest BCUT2D eigenvalue weighted by molar-refractivity contribution is 9.10. The second-order valence-corrected chi connectivity index (χ2v) is 6.54. The zero-order valence-electron chi connectivity index (χ0n) is 11.5. The highest BCUT2D eigenvalue weighted by atomic mass is 79.9. The number of aromatic amines is 1. The molecular weight excluding hydrogens is 366 g/mol. The Hall–Kier alpha value is -1.79. The highest BCUT2D eigenvalue weighted by Gasteiger charge is 2.21. The molecule has 2 aromatic heterocycles. The van der Waals surface area contributed by atoms with E-state index in [-0.39, 0.29) is 6.04 Å². The molecule has 0 aliphatic carbocycles. The Morgan fingerprint density at radius 2 is 2.18 bits per heavy atom. The van der Waals surface area contributed by atoms with Gasteiger partial charge in [0.25, 0.3) is 0 Å². The molecule has 4 rings (SSSR count). The quantitative estimate of drug-likeness (QED) is 0.620. The molecule has 0 radical (unpaired) electrons. The van der Waals surface area contributed by atoms with E-state index < -0.39 is 0 Å². The summed E-state index contributed by atoms with van der Waals surface area (Å²) in [4.78, 5) is 11.8. The third kappa shape index (κ3) is 2.42. The minimum atomic E-state index is 0.168. The molecule has 0 saturated carbocycles. The average Bonchev–Trinajstić information content (AvgIpc) is 2.89. The predicted molar refractivity (Wildman–Crippen MR) is 92.5 cm³/mol. The van der Waals surface area contributed by atoms with Crippen molar-refractivity contribution >= 4 is 50.1 Å². The molecule has 3 aromatic rings. The van der Waals surface area contributed by atoms with Crippen molar-refractivity contribution in [1.29, 1.82) is 0 Å². The number of hydrogen-bond acceptors (Lipinski definition) is 4. The van der Waals surface area contributed by atoms with Gasteiger partial charge in [0.1, 0.15) is 17.8 Å². The van der Waals surface area contributed by atoms with Gasteiger partial charge in [-0.1, -0.05) is 11.6 Å². The standard InChI is InChI=1S/C15H13BrClN5/c16-13-6-10-14(19-7-20-15(10)22-13)21-12-3-4-18-11-2-1-8(17)5-9(11)12/h1-2,5-7,12,18H,3-4H2,(H2,19,20,21,22).